The second kappa shape index (κ2) is 9.06. The molecule has 0 radical (unpaired) electrons. The SMILES string of the molecule is COc1ccc(Cn2c(-c3ccc(C(C)(C)C)cc3)nc3oc4ccc(Br)cc4c(=O)c3c2=O)cc1. The molecule has 2 heterocycles. The Bertz CT molecular complexity index is 1710. The molecule has 0 N–H and O–H groups in total. The summed E-state index contributed by atoms with van der Waals surface area (Å²) in [4.78, 5) is 32.0. The average molecular weight is 545 g/mol. The number of fused-ring (bicyclic) bond motifs is 2. The molecule has 182 valence electrons. The molecule has 0 fully saturated rings. The Morgan fingerprint density at radius 3 is 2.31 bits per heavy atom. The molecule has 0 aliphatic heterocycles. The van der Waals surface area contributed by atoms with Crippen LogP contribution in [0.1, 0.15) is 31.9 Å². The Kier molecular flexibility index (Phi) is 6.04. The van der Waals surface area contributed by atoms with Crippen molar-refractivity contribution in [3.63, 3.8) is 0 Å². The minimum Gasteiger partial charge on any atom is -0.497 e. The van der Waals surface area contributed by atoms with Crippen molar-refractivity contribution in [1.82, 2.24) is 9.55 Å². The van der Waals surface area contributed by atoms with E-state index >= 15 is 0 Å². The van der Waals surface area contributed by atoms with Crippen molar-refractivity contribution in [1.29, 1.82) is 0 Å². The second-order valence-corrected chi connectivity index (χ2v) is 10.7. The molecule has 0 saturated carbocycles. The summed E-state index contributed by atoms with van der Waals surface area (Å²) in [5.74, 6) is 1.15. The minimum atomic E-state index is -0.443. The van der Waals surface area contributed by atoms with Crippen LogP contribution in [-0.4, -0.2) is 16.7 Å². The van der Waals surface area contributed by atoms with Crippen LogP contribution in [0.15, 0.2) is 85.2 Å². The van der Waals surface area contributed by atoms with Crippen molar-refractivity contribution in [3.05, 3.63) is 103 Å². The molecule has 0 saturated heterocycles. The van der Waals surface area contributed by atoms with Gasteiger partial charge in [0, 0.05) is 10.0 Å². The van der Waals surface area contributed by atoms with Crippen molar-refractivity contribution in [2.45, 2.75) is 32.7 Å². The fraction of sp³-hybridized carbons (Fsp3) is 0.207. The zero-order valence-corrected chi connectivity index (χ0v) is 22.0. The van der Waals surface area contributed by atoms with E-state index in [0.29, 0.717) is 16.8 Å². The third-order valence-electron chi connectivity index (χ3n) is 6.26. The van der Waals surface area contributed by atoms with E-state index in [4.69, 9.17) is 14.1 Å². The van der Waals surface area contributed by atoms with Crippen LogP contribution in [0, 0.1) is 0 Å². The summed E-state index contributed by atoms with van der Waals surface area (Å²) in [6.45, 7) is 6.67. The molecule has 0 amide bonds. The van der Waals surface area contributed by atoms with Gasteiger partial charge in [0.05, 0.1) is 19.0 Å². The monoisotopic (exact) mass is 544 g/mol. The molecule has 0 unspecified atom stereocenters. The van der Waals surface area contributed by atoms with Crippen LogP contribution in [-0.2, 0) is 12.0 Å². The van der Waals surface area contributed by atoms with Crippen molar-refractivity contribution in [2.75, 3.05) is 7.11 Å². The van der Waals surface area contributed by atoms with Crippen molar-refractivity contribution >= 4 is 38.0 Å². The fourth-order valence-electron chi connectivity index (χ4n) is 4.21. The summed E-state index contributed by atoms with van der Waals surface area (Å²) in [7, 11) is 1.61. The van der Waals surface area contributed by atoms with Crippen molar-refractivity contribution in [3.8, 4) is 17.1 Å². The zero-order valence-electron chi connectivity index (χ0n) is 20.5. The number of benzene rings is 3. The fourth-order valence-corrected chi connectivity index (χ4v) is 4.57. The first kappa shape index (κ1) is 24.0. The highest BCUT2D eigenvalue weighted by atomic mass is 79.9. The number of halogens is 1. The maximum Gasteiger partial charge on any atom is 0.269 e. The minimum absolute atomic E-state index is 0.0158. The molecule has 3 aromatic carbocycles. The van der Waals surface area contributed by atoms with E-state index < -0.39 is 11.0 Å². The number of hydrogen-bond acceptors (Lipinski definition) is 5. The maximum atomic E-state index is 13.9. The van der Waals surface area contributed by atoms with Crippen LogP contribution in [0.4, 0.5) is 0 Å². The quantitative estimate of drug-likeness (QED) is 0.248. The predicted molar refractivity (Wildman–Crippen MR) is 146 cm³/mol. The third kappa shape index (κ3) is 4.35. The van der Waals surface area contributed by atoms with Crippen LogP contribution in [0.2, 0.25) is 0 Å². The predicted octanol–water partition coefficient (Wildman–Crippen LogP) is 6.29. The highest BCUT2D eigenvalue weighted by molar-refractivity contribution is 9.10. The highest BCUT2D eigenvalue weighted by Crippen LogP contribution is 2.27. The largest absolute Gasteiger partial charge is 0.497 e. The Hall–Kier alpha value is -3.71. The molecule has 0 aliphatic carbocycles. The van der Waals surface area contributed by atoms with E-state index in [-0.39, 0.29) is 23.1 Å². The molecule has 36 heavy (non-hydrogen) atoms. The third-order valence-corrected chi connectivity index (χ3v) is 6.76. The molecule has 0 bridgehead atoms. The van der Waals surface area contributed by atoms with Gasteiger partial charge in [-0.25, -0.2) is 0 Å². The number of aromatic nitrogens is 2. The number of ether oxygens (including phenoxy) is 1. The Balaban J connectivity index is 1.78. The van der Waals surface area contributed by atoms with E-state index in [2.05, 4.69) is 36.7 Å². The topological polar surface area (TPSA) is 74.3 Å². The Labute approximate surface area is 216 Å². The van der Waals surface area contributed by atoms with Crippen LogP contribution in [0.3, 0.4) is 0 Å². The standard InChI is InChI=1S/C29H25BrN2O4/c1-29(2,3)19-9-7-18(8-10-19)26-31-27-24(25(33)22-15-20(30)11-14-23(22)36-27)28(34)32(26)16-17-5-12-21(35-4)13-6-17/h5-15H,16H2,1-4H3. The summed E-state index contributed by atoms with van der Waals surface area (Å²) in [6.07, 6.45) is 0. The summed E-state index contributed by atoms with van der Waals surface area (Å²) in [5.41, 5.74) is 2.35. The van der Waals surface area contributed by atoms with Gasteiger partial charge in [0.15, 0.2) is 5.39 Å². The van der Waals surface area contributed by atoms with E-state index in [1.807, 2.05) is 48.5 Å². The van der Waals surface area contributed by atoms with Crippen LogP contribution in [0.25, 0.3) is 33.5 Å². The zero-order chi connectivity index (χ0) is 25.6. The Morgan fingerprint density at radius 1 is 0.972 bits per heavy atom. The van der Waals surface area contributed by atoms with Crippen molar-refractivity contribution < 1.29 is 9.15 Å². The maximum absolute atomic E-state index is 13.9. The van der Waals surface area contributed by atoms with Gasteiger partial charge < -0.3 is 9.15 Å². The van der Waals surface area contributed by atoms with Gasteiger partial charge in [-0.05, 0) is 46.9 Å². The van der Waals surface area contributed by atoms with Gasteiger partial charge in [-0.15, -0.1) is 0 Å². The first-order valence-electron chi connectivity index (χ1n) is 11.6. The van der Waals surface area contributed by atoms with Gasteiger partial charge in [0.25, 0.3) is 5.56 Å². The smallest absolute Gasteiger partial charge is 0.269 e. The van der Waals surface area contributed by atoms with Crippen molar-refractivity contribution in [2.24, 2.45) is 0 Å². The lowest BCUT2D eigenvalue weighted by Crippen LogP contribution is -2.28. The molecule has 5 rings (SSSR count). The van der Waals surface area contributed by atoms with Gasteiger partial charge in [-0.2, -0.15) is 4.98 Å². The molecule has 0 spiro atoms. The molecule has 0 atom stereocenters. The number of rotatable bonds is 4. The first-order chi connectivity index (χ1) is 17.2. The molecule has 0 aliphatic rings. The Morgan fingerprint density at radius 2 is 1.67 bits per heavy atom. The first-order valence-corrected chi connectivity index (χ1v) is 12.4. The normalized spacial score (nSPS) is 11.8. The van der Waals surface area contributed by atoms with E-state index in [0.717, 1.165) is 21.3 Å². The summed E-state index contributed by atoms with van der Waals surface area (Å²) in [6, 6.07) is 20.6. The van der Waals surface area contributed by atoms with Gasteiger partial charge in [-0.3, -0.25) is 14.2 Å². The van der Waals surface area contributed by atoms with E-state index in [9.17, 15) is 9.59 Å². The van der Waals surface area contributed by atoms with Crippen LogP contribution in [0.5, 0.6) is 5.75 Å². The molecule has 5 aromatic rings. The summed E-state index contributed by atoms with van der Waals surface area (Å²) in [5, 5.41) is 0.262. The number of methoxy groups -OCH3 is 1. The molecule has 7 heteroatoms. The lowest BCUT2D eigenvalue weighted by Gasteiger charge is -2.19. The molecular weight excluding hydrogens is 520 g/mol. The lowest BCUT2D eigenvalue weighted by molar-refractivity contribution is 0.414. The second-order valence-electron chi connectivity index (χ2n) is 9.75. The van der Waals surface area contributed by atoms with Gasteiger partial charge in [0.2, 0.25) is 11.1 Å². The van der Waals surface area contributed by atoms with Crippen LogP contribution < -0.4 is 15.7 Å². The van der Waals surface area contributed by atoms with Gasteiger partial charge in [-0.1, -0.05) is 73.1 Å². The number of nitrogens with zero attached hydrogens (tertiary/aromatic N) is 2. The molecule has 2 aromatic heterocycles. The molecular formula is C29H25BrN2O4. The molecule has 6 nitrogen and oxygen atoms in total. The summed E-state index contributed by atoms with van der Waals surface area (Å²) < 4.78 is 13.5. The summed E-state index contributed by atoms with van der Waals surface area (Å²) >= 11 is 3.39. The highest BCUT2D eigenvalue weighted by Gasteiger charge is 2.20. The average Bonchev–Trinajstić information content (AvgIpc) is 2.86. The van der Waals surface area contributed by atoms with E-state index in [1.54, 1.807) is 25.3 Å². The van der Waals surface area contributed by atoms with Gasteiger partial charge >= 0.3 is 0 Å². The van der Waals surface area contributed by atoms with Crippen LogP contribution >= 0.6 is 15.9 Å². The van der Waals surface area contributed by atoms with Gasteiger partial charge in [0.1, 0.15) is 17.2 Å². The van der Waals surface area contributed by atoms with E-state index in [1.165, 1.54) is 10.1 Å². The number of hydrogen-bond donors (Lipinski definition) is 0. The lowest BCUT2D eigenvalue weighted by atomic mass is 9.86.